The predicted octanol–water partition coefficient (Wildman–Crippen LogP) is 2.06. The van der Waals surface area contributed by atoms with Crippen molar-refractivity contribution in [1.29, 1.82) is 0 Å². The largest absolute Gasteiger partial charge is 0.445 e. The molecule has 0 heterocycles. The smallest absolute Gasteiger partial charge is 0.407 e. The zero-order valence-corrected chi connectivity index (χ0v) is 12.5. The zero-order chi connectivity index (χ0) is 15.2. The normalized spacial score (nSPS) is 10.3. The van der Waals surface area contributed by atoms with Gasteiger partial charge < -0.3 is 20.5 Å². The van der Waals surface area contributed by atoms with Gasteiger partial charge in [0.05, 0.1) is 6.61 Å². The molecule has 21 heavy (non-hydrogen) atoms. The van der Waals surface area contributed by atoms with E-state index in [2.05, 4.69) is 10.6 Å². The van der Waals surface area contributed by atoms with Gasteiger partial charge in [-0.2, -0.15) is 0 Å². The number of aliphatic hydroxyl groups is 1. The molecular formula is C16H26N2O3. The lowest BCUT2D eigenvalue weighted by Crippen LogP contribution is -2.25. The van der Waals surface area contributed by atoms with Gasteiger partial charge in [0.25, 0.3) is 0 Å². The molecule has 0 aromatic heterocycles. The summed E-state index contributed by atoms with van der Waals surface area (Å²) in [7, 11) is 0. The first-order valence-corrected chi connectivity index (χ1v) is 7.59. The third kappa shape index (κ3) is 9.87. The summed E-state index contributed by atoms with van der Waals surface area (Å²) in [5.74, 6) is 0. The molecule has 0 atom stereocenters. The summed E-state index contributed by atoms with van der Waals surface area (Å²) < 4.78 is 5.12. The fourth-order valence-corrected chi connectivity index (χ4v) is 1.90. The summed E-state index contributed by atoms with van der Waals surface area (Å²) in [6.45, 7) is 2.75. The first kappa shape index (κ1) is 17.5. The Hall–Kier alpha value is -1.59. The van der Waals surface area contributed by atoms with Gasteiger partial charge in [-0.1, -0.05) is 43.2 Å². The molecule has 0 bridgehead atoms. The quantitative estimate of drug-likeness (QED) is 0.546. The number of amides is 1. The molecule has 118 valence electrons. The second-order valence-corrected chi connectivity index (χ2v) is 4.88. The molecule has 5 heteroatoms. The Labute approximate surface area is 126 Å². The van der Waals surface area contributed by atoms with Crippen LogP contribution in [0.15, 0.2) is 30.3 Å². The van der Waals surface area contributed by atoms with E-state index in [-0.39, 0.29) is 12.7 Å². The van der Waals surface area contributed by atoms with Crippen LogP contribution in [0.5, 0.6) is 0 Å². The third-order valence-corrected chi connectivity index (χ3v) is 3.05. The fourth-order valence-electron chi connectivity index (χ4n) is 1.90. The van der Waals surface area contributed by atoms with Gasteiger partial charge in [-0.05, 0) is 24.9 Å². The zero-order valence-electron chi connectivity index (χ0n) is 12.5. The Morgan fingerprint density at radius 2 is 1.71 bits per heavy atom. The molecule has 0 spiro atoms. The maximum absolute atomic E-state index is 11.5. The molecule has 0 radical (unpaired) electrons. The number of aliphatic hydroxyl groups excluding tert-OH is 1. The maximum Gasteiger partial charge on any atom is 0.407 e. The van der Waals surface area contributed by atoms with Crippen LogP contribution in [0.25, 0.3) is 0 Å². The van der Waals surface area contributed by atoms with Crippen LogP contribution in [-0.2, 0) is 11.3 Å². The highest BCUT2D eigenvalue weighted by Gasteiger charge is 2.01. The van der Waals surface area contributed by atoms with Crippen molar-refractivity contribution in [1.82, 2.24) is 10.6 Å². The van der Waals surface area contributed by atoms with E-state index in [1.807, 2.05) is 30.3 Å². The minimum atomic E-state index is -0.358. The Balaban J connectivity index is 1.89. The van der Waals surface area contributed by atoms with E-state index in [0.717, 1.165) is 37.8 Å². The van der Waals surface area contributed by atoms with E-state index in [9.17, 15) is 4.79 Å². The highest BCUT2D eigenvalue weighted by molar-refractivity contribution is 5.67. The molecule has 0 fully saturated rings. The van der Waals surface area contributed by atoms with Gasteiger partial charge in [-0.3, -0.25) is 0 Å². The second kappa shape index (κ2) is 12.2. The van der Waals surface area contributed by atoms with E-state index in [0.29, 0.717) is 19.7 Å². The lowest BCUT2D eigenvalue weighted by atomic mass is 10.2. The highest BCUT2D eigenvalue weighted by atomic mass is 16.5. The van der Waals surface area contributed by atoms with Gasteiger partial charge in [-0.25, -0.2) is 4.79 Å². The van der Waals surface area contributed by atoms with Crippen molar-refractivity contribution >= 4 is 6.09 Å². The summed E-state index contributed by atoms with van der Waals surface area (Å²) >= 11 is 0. The Kier molecular flexibility index (Phi) is 10.1. The molecule has 0 aliphatic rings. The number of hydrogen-bond donors (Lipinski definition) is 3. The molecule has 1 rings (SSSR count). The molecule has 0 saturated heterocycles. The summed E-state index contributed by atoms with van der Waals surface area (Å²) in [6, 6.07) is 9.64. The molecular weight excluding hydrogens is 268 g/mol. The van der Waals surface area contributed by atoms with Crippen LogP contribution in [0.4, 0.5) is 4.79 Å². The third-order valence-electron chi connectivity index (χ3n) is 3.05. The average Bonchev–Trinajstić information content (AvgIpc) is 2.52. The van der Waals surface area contributed by atoms with Gasteiger partial charge >= 0.3 is 6.09 Å². The number of nitrogens with one attached hydrogen (secondary N) is 2. The molecule has 1 aromatic carbocycles. The van der Waals surface area contributed by atoms with Crippen LogP contribution in [0.1, 0.15) is 31.2 Å². The van der Waals surface area contributed by atoms with Gasteiger partial charge in [-0.15, -0.1) is 0 Å². The van der Waals surface area contributed by atoms with Crippen LogP contribution in [-0.4, -0.2) is 37.4 Å². The molecule has 1 aromatic rings. The lowest BCUT2D eigenvalue weighted by Gasteiger charge is -2.07. The standard InChI is InChI=1S/C16H26N2O3/c19-13-12-17-10-6-1-2-7-11-18-16(20)21-14-15-8-4-3-5-9-15/h3-5,8-9,17,19H,1-2,6-7,10-14H2,(H,18,20). The van der Waals surface area contributed by atoms with Crippen molar-refractivity contribution in [3.63, 3.8) is 0 Å². The van der Waals surface area contributed by atoms with Crippen LogP contribution < -0.4 is 10.6 Å². The number of carbonyl (C=O) groups excluding carboxylic acids is 1. The molecule has 1 amide bonds. The molecule has 5 nitrogen and oxygen atoms in total. The van der Waals surface area contributed by atoms with Gasteiger partial charge in [0, 0.05) is 13.1 Å². The van der Waals surface area contributed by atoms with Crippen molar-refractivity contribution in [2.24, 2.45) is 0 Å². The van der Waals surface area contributed by atoms with E-state index < -0.39 is 0 Å². The topological polar surface area (TPSA) is 70.6 Å². The Morgan fingerprint density at radius 3 is 2.43 bits per heavy atom. The lowest BCUT2D eigenvalue weighted by molar-refractivity contribution is 0.139. The van der Waals surface area contributed by atoms with Crippen molar-refractivity contribution in [2.75, 3.05) is 26.2 Å². The monoisotopic (exact) mass is 294 g/mol. The SMILES string of the molecule is O=C(NCCCCCCNCCO)OCc1ccccc1. The van der Waals surface area contributed by atoms with Crippen LogP contribution in [0.2, 0.25) is 0 Å². The first-order valence-electron chi connectivity index (χ1n) is 7.59. The van der Waals surface area contributed by atoms with Crippen molar-refractivity contribution in [3.8, 4) is 0 Å². The number of alkyl carbamates (subject to hydrolysis) is 1. The Morgan fingerprint density at radius 1 is 1.00 bits per heavy atom. The second-order valence-electron chi connectivity index (χ2n) is 4.88. The van der Waals surface area contributed by atoms with Crippen LogP contribution >= 0.6 is 0 Å². The van der Waals surface area contributed by atoms with E-state index in [1.165, 1.54) is 0 Å². The molecule has 3 N–H and O–H groups in total. The van der Waals surface area contributed by atoms with Gasteiger partial charge in [0.1, 0.15) is 6.61 Å². The van der Waals surface area contributed by atoms with Gasteiger partial charge in [0.15, 0.2) is 0 Å². The van der Waals surface area contributed by atoms with Crippen molar-refractivity contribution < 1.29 is 14.6 Å². The summed E-state index contributed by atoms with van der Waals surface area (Å²) in [6.07, 6.45) is 3.90. The van der Waals surface area contributed by atoms with E-state index >= 15 is 0 Å². The number of benzene rings is 1. The summed E-state index contributed by atoms with van der Waals surface area (Å²) in [5, 5.41) is 14.5. The first-order chi connectivity index (χ1) is 10.3. The van der Waals surface area contributed by atoms with E-state index in [1.54, 1.807) is 0 Å². The minimum Gasteiger partial charge on any atom is -0.445 e. The average molecular weight is 294 g/mol. The highest BCUT2D eigenvalue weighted by Crippen LogP contribution is 2.01. The predicted molar refractivity (Wildman–Crippen MR) is 83.1 cm³/mol. The number of rotatable bonds is 11. The number of unbranched alkanes of at least 4 members (excludes halogenated alkanes) is 3. The van der Waals surface area contributed by atoms with Crippen LogP contribution in [0.3, 0.4) is 0 Å². The fraction of sp³-hybridized carbons (Fsp3) is 0.562. The Bertz CT molecular complexity index is 371. The van der Waals surface area contributed by atoms with Gasteiger partial charge in [0.2, 0.25) is 0 Å². The van der Waals surface area contributed by atoms with Crippen LogP contribution in [0, 0.1) is 0 Å². The number of ether oxygens (including phenoxy) is 1. The van der Waals surface area contributed by atoms with Crippen molar-refractivity contribution in [2.45, 2.75) is 32.3 Å². The molecule has 0 aliphatic heterocycles. The molecule has 0 aliphatic carbocycles. The van der Waals surface area contributed by atoms with E-state index in [4.69, 9.17) is 9.84 Å². The number of carbonyl (C=O) groups is 1. The molecule has 0 saturated carbocycles. The summed E-state index contributed by atoms with van der Waals surface area (Å²) in [4.78, 5) is 11.5. The number of hydrogen-bond acceptors (Lipinski definition) is 4. The maximum atomic E-state index is 11.5. The summed E-state index contributed by atoms with van der Waals surface area (Å²) in [5.41, 5.74) is 0.989. The van der Waals surface area contributed by atoms with Crippen molar-refractivity contribution in [3.05, 3.63) is 35.9 Å². The molecule has 0 unspecified atom stereocenters. The minimum absolute atomic E-state index is 0.189.